The van der Waals surface area contributed by atoms with Crippen LogP contribution in [-0.4, -0.2) is 22.4 Å². The number of rotatable bonds is 4. The van der Waals surface area contributed by atoms with Gasteiger partial charge in [-0.25, -0.2) is 4.98 Å². The molecule has 5 nitrogen and oxygen atoms in total. The van der Waals surface area contributed by atoms with Crippen molar-refractivity contribution >= 4 is 33.3 Å². The quantitative estimate of drug-likeness (QED) is 0.775. The molecule has 1 aromatic carbocycles. The molecule has 0 atom stereocenters. The van der Waals surface area contributed by atoms with Gasteiger partial charge in [0, 0.05) is 5.56 Å². The molecule has 0 spiro atoms. The molecule has 0 saturated carbocycles. The van der Waals surface area contributed by atoms with Crippen molar-refractivity contribution in [1.29, 1.82) is 0 Å². The van der Waals surface area contributed by atoms with Crippen molar-refractivity contribution in [2.45, 2.75) is 13.5 Å². The number of hydrogen-bond donors (Lipinski definition) is 0. The summed E-state index contributed by atoms with van der Waals surface area (Å²) < 4.78 is 6.63. The highest BCUT2D eigenvalue weighted by atomic mass is 79.9. The molecule has 0 fully saturated rings. The highest BCUT2D eigenvalue weighted by molar-refractivity contribution is 9.10. The minimum atomic E-state index is -0.296. The van der Waals surface area contributed by atoms with Crippen LogP contribution in [-0.2, 0) is 6.54 Å². The molecule has 1 heterocycles. The van der Waals surface area contributed by atoms with Gasteiger partial charge in [0.1, 0.15) is 10.2 Å². The number of ketones is 1. The van der Waals surface area contributed by atoms with Gasteiger partial charge in [0.25, 0.3) is 5.56 Å². The molecule has 0 radical (unpaired) electrons. The number of carbonyl (C=O) groups is 1. The van der Waals surface area contributed by atoms with Crippen molar-refractivity contribution in [3.05, 3.63) is 55.6 Å². The fourth-order valence-corrected chi connectivity index (χ4v) is 2.33. The molecule has 2 aromatic rings. The summed E-state index contributed by atoms with van der Waals surface area (Å²) in [6, 6.07) is 4.74. The molecular formula is C14H12BrClN2O3. The molecule has 7 heteroatoms. The molecule has 21 heavy (non-hydrogen) atoms. The highest BCUT2D eigenvalue weighted by Crippen LogP contribution is 2.25. The summed E-state index contributed by atoms with van der Waals surface area (Å²) in [5, 5.41) is 0.346. The van der Waals surface area contributed by atoms with E-state index in [2.05, 4.69) is 20.9 Å². The Morgan fingerprint density at radius 1 is 1.48 bits per heavy atom. The standard InChI is InChI=1S/C14H12BrClN2O3/c1-8-13(15)14(20)18(7-17-8)6-11(19)9-3-4-12(21-2)10(16)5-9/h3-5,7H,6H2,1-2H3. The summed E-state index contributed by atoms with van der Waals surface area (Å²) in [5.41, 5.74) is 0.691. The minimum Gasteiger partial charge on any atom is -0.495 e. The maximum Gasteiger partial charge on any atom is 0.268 e. The molecule has 0 aliphatic rings. The van der Waals surface area contributed by atoms with E-state index in [4.69, 9.17) is 16.3 Å². The Labute approximate surface area is 134 Å². The van der Waals surface area contributed by atoms with Crippen molar-refractivity contribution < 1.29 is 9.53 Å². The Balaban J connectivity index is 2.28. The zero-order valence-electron chi connectivity index (χ0n) is 11.4. The second-order valence-corrected chi connectivity index (χ2v) is 5.55. The number of methoxy groups -OCH3 is 1. The third-order valence-electron chi connectivity index (χ3n) is 2.94. The van der Waals surface area contributed by atoms with Crippen LogP contribution in [0.5, 0.6) is 5.75 Å². The lowest BCUT2D eigenvalue weighted by Crippen LogP contribution is -2.25. The lowest BCUT2D eigenvalue weighted by Gasteiger charge is -2.08. The Morgan fingerprint density at radius 3 is 2.81 bits per heavy atom. The minimum absolute atomic E-state index is 0.104. The van der Waals surface area contributed by atoms with Gasteiger partial charge in [0.15, 0.2) is 5.78 Å². The van der Waals surface area contributed by atoms with Gasteiger partial charge >= 0.3 is 0 Å². The Hall–Kier alpha value is -1.66. The van der Waals surface area contributed by atoms with Crippen LogP contribution in [0.2, 0.25) is 5.02 Å². The van der Waals surface area contributed by atoms with Crippen LogP contribution >= 0.6 is 27.5 Å². The van der Waals surface area contributed by atoms with Crippen molar-refractivity contribution in [1.82, 2.24) is 9.55 Å². The average molecular weight is 372 g/mol. The first kappa shape index (κ1) is 15.7. The lowest BCUT2D eigenvalue weighted by atomic mass is 10.1. The first-order valence-corrected chi connectivity index (χ1v) is 7.19. The van der Waals surface area contributed by atoms with E-state index in [-0.39, 0.29) is 17.9 Å². The van der Waals surface area contributed by atoms with Crippen LogP contribution in [0.1, 0.15) is 16.1 Å². The topological polar surface area (TPSA) is 61.2 Å². The number of aryl methyl sites for hydroxylation is 1. The van der Waals surface area contributed by atoms with Gasteiger partial charge in [-0.05, 0) is 41.1 Å². The Bertz CT molecular complexity index is 758. The monoisotopic (exact) mass is 370 g/mol. The summed E-state index contributed by atoms with van der Waals surface area (Å²) in [6.45, 7) is 1.61. The van der Waals surface area contributed by atoms with Gasteiger partial charge in [-0.15, -0.1) is 0 Å². The van der Waals surface area contributed by atoms with E-state index in [9.17, 15) is 9.59 Å². The van der Waals surface area contributed by atoms with Gasteiger partial charge < -0.3 is 4.74 Å². The molecule has 0 N–H and O–H groups in total. The molecule has 0 aliphatic heterocycles. The Kier molecular flexibility index (Phi) is 4.80. The molecule has 0 amide bonds. The van der Waals surface area contributed by atoms with Crippen molar-refractivity contribution in [2.75, 3.05) is 7.11 Å². The van der Waals surface area contributed by atoms with Gasteiger partial charge in [-0.3, -0.25) is 14.2 Å². The van der Waals surface area contributed by atoms with E-state index >= 15 is 0 Å². The first-order chi connectivity index (χ1) is 9.93. The first-order valence-electron chi connectivity index (χ1n) is 6.02. The molecule has 0 saturated heterocycles. The summed E-state index contributed by atoms with van der Waals surface area (Å²) in [7, 11) is 1.50. The highest BCUT2D eigenvalue weighted by Gasteiger charge is 2.12. The summed E-state index contributed by atoms with van der Waals surface area (Å²) in [5.74, 6) is 0.254. The van der Waals surface area contributed by atoms with E-state index < -0.39 is 0 Å². The smallest absolute Gasteiger partial charge is 0.268 e. The van der Waals surface area contributed by atoms with Crippen LogP contribution in [0.4, 0.5) is 0 Å². The van der Waals surface area contributed by atoms with E-state index in [0.717, 1.165) is 0 Å². The van der Waals surface area contributed by atoms with Crippen molar-refractivity contribution in [2.24, 2.45) is 0 Å². The number of halogens is 2. The molecule has 1 aromatic heterocycles. The lowest BCUT2D eigenvalue weighted by molar-refractivity contribution is 0.0970. The van der Waals surface area contributed by atoms with E-state index in [0.29, 0.717) is 26.5 Å². The molecule has 110 valence electrons. The largest absolute Gasteiger partial charge is 0.495 e. The molecular weight excluding hydrogens is 360 g/mol. The maximum atomic E-state index is 12.2. The van der Waals surface area contributed by atoms with Gasteiger partial charge in [0.05, 0.1) is 30.7 Å². The summed E-state index contributed by atoms with van der Waals surface area (Å²) in [6.07, 6.45) is 1.35. The number of benzene rings is 1. The molecule has 2 rings (SSSR count). The number of nitrogens with zero attached hydrogens (tertiary/aromatic N) is 2. The number of aromatic nitrogens is 2. The summed E-state index contributed by atoms with van der Waals surface area (Å²) in [4.78, 5) is 28.3. The zero-order chi connectivity index (χ0) is 15.6. The van der Waals surface area contributed by atoms with Gasteiger partial charge in [-0.2, -0.15) is 0 Å². The second-order valence-electron chi connectivity index (χ2n) is 4.35. The number of hydrogen-bond acceptors (Lipinski definition) is 4. The molecule has 0 unspecified atom stereocenters. The second kappa shape index (κ2) is 6.41. The van der Waals surface area contributed by atoms with Crippen molar-refractivity contribution in [3.8, 4) is 5.75 Å². The van der Waals surface area contributed by atoms with Crippen LogP contribution in [0, 0.1) is 6.92 Å². The normalized spacial score (nSPS) is 10.5. The zero-order valence-corrected chi connectivity index (χ0v) is 13.7. The van der Waals surface area contributed by atoms with Gasteiger partial charge in [-0.1, -0.05) is 11.6 Å². The van der Waals surface area contributed by atoms with E-state index in [1.807, 2.05) is 0 Å². The van der Waals surface area contributed by atoms with Crippen LogP contribution in [0.25, 0.3) is 0 Å². The van der Waals surface area contributed by atoms with Crippen LogP contribution < -0.4 is 10.3 Å². The van der Waals surface area contributed by atoms with Crippen LogP contribution in [0.3, 0.4) is 0 Å². The predicted octanol–water partition coefficient (Wildman–Crippen LogP) is 2.86. The van der Waals surface area contributed by atoms with E-state index in [1.54, 1.807) is 19.1 Å². The number of ether oxygens (including phenoxy) is 1. The van der Waals surface area contributed by atoms with Crippen molar-refractivity contribution in [3.63, 3.8) is 0 Å². The fraction of sp³-hybridized carbons (Fsp3) is 0.214. The Morgan fingerprint density at radius 2 is 2.19 bits per heavy atom. The third-order valence-corrected chi connectivity index (χ3v) is 4.15. The SMILES string of the molecule is COc1ccc(C(=O)Cn2cnc(C)c(Br)c2=O)cc1Cl. The number of carbonyl (C=O) groups excluding carboxylic acids is 1. The molecule has 0 bridgehead atoms. The average Bonchev–Trinajstić information content (AvgIpc) is 2.47. The summed E-state index contributed by atoms with van der Waals surface area (Å²) >= 11 is 9.15. The molecule has 0 aliphatic carbocycles. The fourth-order valence-electron chi connectivity index (χ4n) is 1.74. The maximum absolute atomic E-state index is 12.2. The van der Waals surface area contributed by atoms with Gasteiger partial charge in [0.2, 0.25) is 0 Å². The van der Waals surface area contributed by atoms with E-state index in [1.165, 1.54) is 24.1 Å². The predicted molar refractivity (Wildman–Crippen MR) is 83.3 cm³/mol. The third kappa shape index (κ3) is 3.33. The number of Topliss-reactive ketones (excluding diaryl/α,β-unsaturated/α-hetero) is 1. The van der Waals surface area contributed by atoms with Crippen LogP contribution in [0.15, 0.2) is 33.8 Å².